The fourth-order valence-corrected chi connectivity index (χ4v) is 9.05. The van der Waals surface area contributed by atoms with Crippen molar-refractivity contribution in [2.24, 2.45) is 23.2 Å². The lowest BCUT2D eigenvalue weighted by atomic mass is 9.70. The van der Waals surface area contributed by atoms with E-state index in [4.69, 9.17) is 21.1 Å². The molecule has 5 atom stereocenters. The third kappa shape index (κ3) is 7.96. The second kappa shape index (κ2) is 14.8. The van der Waals surface area contributed by atoms with Crippen LogP contribution in [0.3, 0.4) is 0 Å². The molecule has 1 saturated carbocycles. The molecule has 2 unspecified atom stereocenters. The van der Waals surface area contributed by atoms with Gasteiger partial charge in [0.2, 0.25) is 0 Å². The highest BCUT2D eigenvalue weighted by atomic mass is 35.5. The minimum Gasteiger partial charge on any atom is -0.490 e. The summed E-state index contributed by atoms with van der Waals surface area (Å²) >= 11 is 8.00. The van der Waals surface area contributed by atoms with Gasteiger partial charge < -0.3 is 14.4 Å². The second-order valence-electron chi connectivity index (χ2n) is 13.3. The Morgan fingerprint density at radius 3 is 2.85 bits per heavy atom. The van der Waals surface area contributed by atoms with E-state index in [1.54, 1.807) is 30.4 Å². The normalized spacial score (nSPS) is 30.7. The lowest BCUT2D eigenvalue weighted by Gasteiger charge is -2.44. The zero-order chi connectivity index (χ0) is 33.0. The predicted molar refractivity (Wildman–Crippen MR) is 187 cm³/mol. The van der Waals surface area contributed by atoms with Crippen LogP contribution in [0.15, 0.2) is 64.5 Å². The van der Waals surface area contributed by atoms with Crippen molar-refractivity contribution in [3.63, 3.8) is 0 Å². The number of nitrogens with one attached hydrogen (secondary N) is 1. The molecule has 1 amide bonds. The molecule has 9 nitrogen and oxygen atoms in total. The van der Waals surface area contributed by atoms with Crippen LogP contribution in [0.1, 0.15) is 68.4 Å². The molecule has 254 valence electrons. The Labute approximate surface area is 287 Å². The fraction of sp³-hybridized carbons (Fsp3) is 0.543. The van der Waals surface area contributed by atoms with Gasteiger partial charge in [0.05, 0.1) is 36.2 Å². The van der Waals surface area contributed by atoms with E-state index in [-0.39, 0.29) is 36.1 Å². The van der Waals surface area contributed by atoms with Crippen LogP contribution in [0.2, 0.25) is 0 Å². The van der Waals surface area contributed by atoms with Gasteiger partial charge in [-0.05, 0) is 74.1 Å². The first-order valence-electron chi connectivity index (χ1n) is 16.7. The Hall–Kier alpha value is -2.70. The number of amides is 1. The molecule has 1 aromatic carbocycles. The van der Waals surface area contributed by atoms with Crippen molar-refractivity contribution in [2.75, 3.05) is 37.7 Å². The molecule has 2 bridgehead atoms. The third-order valence-corrected chi connectivity index (χ3v) is 12.6. The molecule has 0 radical (unpaired) electrons. The molecule has 47 heavy (non-hydrogen) atoms. The van der Waals surface area contributed by atoms with Crippen molar-refractivity contribution in [3.8, 4) is 5.75 Å². The summed E-state index contributed by atoms with van der Waals surface area (Å²) in [7, 11) is -4.06. The number of hydrogen-bond donors (Lipinski definition) is 1. The van der Waals surface area contributed by atoms with Gasteiger partial charge in [-0.1, -0.05) is 56.2 Å². The maximum Gasteiger partial charge on any atom is 0.304 e. The molecular formula is C35H45ClN4O5S2. The summed E-state index contributed by atoms with van der Waals surface area (Å²) in [6.45, 7) is 6.92. The molecule has 3 heterocycles. The van der Waals surface area contributed by atoms with E-state index in [9.17, 15) is 13.2 Å². The highest BCUT2D eigenvalue weighted by molar-refractivity contribution is 7.87. The average molecular weight is 701 g/mol. The fourth-order valence-electron chi connectivity index (χ4n) is 7.13. The molecule has 1 N–H and O–H groups in total. The number of benzene rings is 1. The van der Waals surface area contributed by atoms with E-state index in [1.807, 2.05) is 29.1 Å². The first-order chi connectivity index (χ1) is 22.6. The summed E-state index contributed by atoms with van der Waals surface area (Å²) in [5, 5.41) is 2.77. The second-order valence-corrected chi connectivity index (χ2v) is 16.1. The molecule has 2 aromatic rings. The SMILES string of the molecule is CCN1CC/C=C/[C@H](OCc2cscn2)[C@@H]2CC[C@H]2CN2CCCCC3C=C(Cl)C=CC3(C)COc3ccc(cc32)C(=O)NS1(=O)=O. The van der Waals surface area contributed by atoms with Gasteiger partial charge in [0.25, 0.3) is 5.91 Å². The number of rotatable bonds is 4. The van der Waals surface area contributed by atoms with Crippen LogP contribution in [0.4, 0.5) is 5.69 Å². The lowest BCUT2D eigenvalue weighted by Crippen LogP contribution is -2.45. The van der Waals surface area contributed by atoms with Crippen molar-refractivity contribution in [1.29, 1.82) is 0 Å². The summed E-state index contributed by atoms with van der Waals surface area (Å²) in [5.41, 5.74) is 3.59. The predicted octanol–water partition coefficient (Wildman–Crippen LogP) is 6.70. The van der Waals surface area contributed by atoms with Crippen molar-refractivity contribution < 1.29 is 22.7 Å². The molecular weight excluding hydrogens is 656 g/mol. The number of nitrogens with zero attached hydrogens (tertiary/aromatic N) is 3. The van der Waals surface area contributed by atoms with Crippen LogP contribution < -0.4 is 14.4 Å². The van der Waals surface area contributed by atoms with Crippen LogP contribution >= 0.6 is 22.9 Å². The van der Waals surface area contributed by atoms with E-state index < -0.39 is 16.1 Å². The summed E-state index contributed by atoms with van der Waals surface area (Å²) < 4.78 is 43.4. The van der Waals surface area contributed by atoms with Gasteiger partial charge in [-0.2, -0.15) is 12.7 Å². The number of fused-ring (bicyclic) bond motifs is 3. The monoisotopic (exact) mass is 700 g/mol. The van der Waals surface area contributed by atoms with Crippen molar-refractivity contribution in [3.05, 3.63) is 75.8 Å². The molecule has 2 aliphatic carbocycles. The van der Waals surface area contributed by atoms with Crippen LogP contribution in [0, 0.1) is 23.2 Å². The number of halogens is 1. The highest BCUT2D eigenvalue weighted by Crippen LogP contribution is 2.44. The highest BCUT2D eigenvalue weighted by Gasteiger charge is 2.39. The van der Waals surface area contributed by atoms with Crippen LogP contribution in [-0.4, -0.2) is 62.5 Å². The number of carbonyl (C=O) groups excluding carboxylic acids is 1. The minimum absolute atomic E-state index is 0.118. The first-order valence-corrected chi connectivity index (χ1v) is 19.5. The summed E-state index contributed by atoms with van der Waals surface area (Å²) in [4.78, 5) is 20.2. The Morgan fingerprint density at radius 2 is 2.09 bits per heavy atom. The number of carbonyl (C=O) groups is 1. The van der Waals surface area contributed by atoms with Crippen molar-refractivity contribution in [2.45, 2.75) is 65.1 Å². The van der Waals surface area contributed by atoms with Gasteiger partial charge in [0.1, 0.15) is 5.75 Å². The number of anilines is 1. The van der Waals surface area contributed by atoms with Gasteiger partial charge in [-0.3, -0.25) is 4.79 Å². The van der Waals surface area contributed by atoms with E-state index in [0.29, 0.717) is 37.2 Å². The quantitative estimate of drug-likeness (QED) is 0.355. The van der Waals surface area contributed by atoms with Crippen LogP contribution in [-0.2, 0) is 21.6 Å². The number of hydrogen-bond acceptors (Lipinski definition) is 8. The molecule has 6 rings (SSSR count). The molecule has 2 aliphatic heterocycles. The maximum absolute atomic E-state index is 13.5. The molecule has 0 saturated heterocycles. The van der Waals surface area contributed by atoms with Gasteiger partial charge in [0.15, 0.2) is 0 Å². The third-order valence-electron chi connectivity index (χ3n) is 10.2. The van der Waals surface area contributed by atoms with Gasteiger partial charge in [-0.15, -0.1) is 11.3 Å². The molecule has 0 spiro atoms. The topological polar surface area (TPSA) is 101 Å². The lowest BCUT2D eigenvalue weighted by molar-refractivity contribution is -0.0234. The largest absolute Gasteiger partial charge is 0.490 e. The van der Waals surface area contributed by atoms with E-state index in [2.05, 4.69) is 39.8 Å². The Balaban J connectivity index is 1.36. The molecule has 1 aromatic heterocycles. The summed E-state index contributed by atoms with van der Waals surface area (Å²) in [6.07, 6.45) is 15.9. The number of allylic oxidation sites excluding steroid dienone is 3. The van der Waals surface area contributed by atoms with Crippen molar-refractivity contribution >= 4 is 44.7 Å². The van der Waals surface area contributed by atoms with E-state index >= 15 is 0 Å². The van der Waals surface area contributed by atoms with Gasteiger partial charge >= 0.3 is 10.2 Å². The smallest absolute Gasteiger partial charge is 0.304 e. The number of thiazole rings is 1. The standard InChI is InChI=1S/C35H45ClN4O5S2/c1-3-40-17-7-5-9-32(44-21-29-22-46-24-37-29)30-12-10-26(30)20-39-16-6-4-8-27-19-28(36)14-15-35(27,2)23-45-33-13-11-25(18-31(33)39)34(41)38-47(40,42)43/h5,9,11,13-15,18-19,22,24,26-27,30,32H,3-4,6-8,10,12,16-17,20-21,23H2,1-2H3,(H,38,41)/b9-5+/t26-,27?,30+,32-,35?/m0/s1. The maximum atomic E-state index is 13.5. The molecule has 1 fully saturated rings. The minimum atomic E-state index is -4.06. The molecule has 4 aliphatic rings. The van der Waals surface area contributed by atoms with Crippen molar-refractivity contribution in [1.82, 2.24) is 14.0 Å². The van der Waals surface area contributed by atoms with Crippen LogP contribution in [0.25, 0.3) is 0 Å². The van der Waals surface area contributed by atoms with Gasteiger partial charge in [0, 0.05) is 47.6 Å². The van der Waals surface area contributed by atoms with Gasteiger partial charge in [-0.25, -0.2) is 9.71 Å². The van der Waals surface area contributed by atoms with E-state index in [0.717, 1.165) is 61.6 Å². The summed E-state index contributed by atoms with van der Waals surface area (Å²) in [5.74, 6) is 0.961. The Kier molecular flexibility index (Phi) is 10.8. The average Bonchev–Trinajstić information content (AvgIpc) is 3.55. The zero-order valence-corrected chi connectivity index (χ0v) is 29.5. The first kappa shape index (κ1) is 34.2. The number of ether oxygens (including phenoxy) is 2. The summed E-state index contributed by atoms with van der Waals surface area (Å²) in [6, 6.07) is 5.28. The van der Waals surface area contributed by atoms with Crippen LogP contribution in [0.5, 0.6) is 5.75 Å². The zero-order valence-electron chi connectivity index (χ0n) is 27.1. The number of aromatic nitrogens is 1. The molecule has 12 heteroatoms. The van der Waals surface area contributed by atoms with E-state index in [1.165, 1.54) is 4.31 Å². The Morgan fingerprint density at radius 1 is 1.21 bits per heavy atom. The Bertz CT molecular complexity index is 1610.